The first-order valence-corrected chi connectivity index (χ1v) is 8.86. The molecule has 0 bridgehead atoms. The zero-order valence-corrected chi connectivity index (χ0v) is 17.2. The molecule has 7 nitrogen and oxygen atoms in total. The van der Waals surface area contributed by atoms with Crippen molar-refractivity contribution in [3.8, 4) is 17.2 Å². The normalized spacial score (nSPS) is 11.6. The highest BCUT2D eigenvalue weighted by Crippen LogP contribution is 2.38. The van der Waals surface area contributed by atoms with Crippen LogP contribution in [-0.2, 0) is 14.3 Å². The number of hydrogen-bond acceptors (Lipinski definition) is 6. The Morgan fingerprint density at radius 3 is 2.00 bits per heavy atom. The molecule has 2 aromatic rings. The Bertz CT molecular complexity index is 851. The number of ether oxygens (including phenoxy) is 4. The van der Waals surface area contributed by atoms with Gasteiger partial charge in [0.05, 0.1) is 21.3 Å². The van der Waals surface area contributed by atoms with Crippen LogP contribution in [0.25, 0.3) is 6.08 Å². The van der Waals surface area contributed by atoms with Crippen molar-refractivity contribution in [2.75, 3.05) is 35.4 Å². The monoisotopic (exact) mass is 399 g/mol. The van der Waals surface area contributed by atoms with Gasteiger partial charge in [-0.25, -0.2) is 4.79 Å². The molecule has 0 spiro atoms. The lowest BCUT2D eigenvalue weighted by atomic mass is 10.1. The number of nitrogens with zero attached hydrogens (tertiary/aromatic N) is 1. The van der Waals surface area contributed by atoms with E-state index in [9.17, 15) is 9.59 Å². The Balaban J connectivity index is 2.24. The summed E-state index contributed by atoms with van der Waals surface area (Å²) in [6.45, 7) is 0. The number of methoxy groups -OCH3 is 3. The molecule has 1 atom stereocenters. The Hall–Kier alpha value is -3.48. The Morgan fingerprint density at radius 1 is 0.931 bits per heavy atom. The molecule has 1 amide bonds. The van der Waals surface area contributed by atoms with Crippen LogP contribution in [0.3, 0.4) is 0 Å². The summed E-state index contributed by atoms with van der Waals surface area (Å²) in [5, 5.41) is 0. The van der Waals surface area contributed by atoms with Gasteiger partial charge in [-0.05, 0) is 23.8 Å². The Morgan fingerprint density at radius 2 is 1.52 bits per heavy atom. The van der Waals surface area contributed by atoms with Crippen LogP contribution in [0.2, 0.25) is 0 Å². The number of amides is 1. The molecule has 0 aliphatic heterocycles. The van der Waals surface area contributed by atoms with Gasteiger partial charge in [0, 0.05) is 25.7 Å². The number of hydrogen-bond donors (Lipinski definition) is 0. The molecule has 0 saturated carbocycles. The highest BCUT2D eigenvalue weighted by atomic mass is 16.5. The smallest absolute Gasteiger partial charge is 0.331 e. The summed E-state index contributed by atoms with van der Waals surface area (Å²) in [7, 11) is 7.75. The second kappa shape index (κ2) is 10.2. The first kappa shape index (κ1) is 21.8. The molecule has 2 aromatic carbocycles. The summed E-state index contributed by atoms with van der Waals surface area (Å²) in [4.78, 5) is 26.2. The van der Waals surface area contributed by atoms with E-state index in [-0.39, 0.29) is 5.91 Å². The molecule has 0 N–H and O–H groups in total. The summed E-state index contributed by atoms with van der Waals surface area (Å²) in [5.41, 5.74) is 1.24. The minimum Gasteiger partial charge on any atom is -0.493 e. The van der Waals surface area contributed by atoms with Gasteiger partial charge in [-0.3, -0.25) is 4.79 Å². The SMILES string of the molecule is COc1cc(/C=C/C(=O)O[C@H](C(=O)N(C)C)c2ccccc2)cc(OC)c1OC. The van der Waals surface area contributed by atoms with Crippen LogP contribution >= 0.6 is 0 Å². The predicted octanol–water partition coefficient (Wildman–Crippen LogP) is 3.10. The average molecular weight is 399 g/mol. The molecule has 29 heavy (non-hydrogen) atoms. The number of benzene rings is 2. The molecule has 0 radical (unpaired) electrons. The van der Waals surface area contributed by atoms with Crippen LogP contribution in [-0.4, -0.2) is 52.2 Å². The van der Waals surface area contributed by atoms with Gasteiger partial charge in [0.2, 0.25) is 11.9 Å². The average Bonchev–Trinajstić information content (AvgIpc) is 2.75. The van der Waals surface area contributed by atoms with Crippen molar-refractivity contribution in [3.05, 3.63) is 59.7 Å². The third kappa shape index (κ3) is 5.51. The zero-order valence-electron chi connectivity index (χ0n) is 17.2. The summed E-state index contributed by atoms with van der Waals surface area (Å²) < 4.78 is 21.3. The Kier molecular flexibility index (Phi) is 7.65. The van der Waals surface area contributed by atoms with Crippen LogP contribution in [0.1, 0.15) is 17.2 Å². The van der Waals surface area contributed by atoms with E-state index in [4.69, 9.17) is 18.9 Å². The first-order chi connectivity index (χ1) is 13.9. The molecule has 0 aliphatic rings. The van der Waals surface area contributed by atoms with E-state index in [0.29, 0.717) is 28.4 Å². The van der Waals surface area contributed by atoms with Crippen molar-refractivity contribution < 1.29 is 28.5 Å². The maximum atomic E-state index is 12.5. The van der Waals surface area contributed by atoms with Crippen LogP contribution in [0.4, 0.5) is 0 Å². The van der Waals surface area contributed by atoms with Crippen LogP contribution in [0.15, 0.2) is 48.5 Å². The number of likely N-dealkylation sites (N-methyl/N-ethyl adjacent to an activating group) is 1. The van der Waals surface area contributed by atoms with Gasteiger partial charge in [-0.1, -0.05) is 30.3 Å². The fourth-order valence-electron chi connectivity index (χ4n) is 2.64. The fraction of sp³-hybridized carbons (Fsp3) is 0.273. The van der Waals surface area contributed by atoms with Crippen LogP contribution in [0.5, 0.6) is 17.2 Å². The van der Waals surface area contributed by atoms with Gasteiger partial charge in [0.25, 0.3) is 5.91 Å². The van der Waals surface area contributed by atoms with Crippen molar-refractivity contribution >= 4 is 18.0 Å². The second-order valence-electron chi connectivity index (χ2n) is 6.25. The largest absolute Gasteiger partial charge is 0.493 e. The topological polar surface area (TPSA) is 74.3 Å². The van der Waals surface area contributed by atoms with Crippen molar-refractivity contribution in [1.29, 1.82) is 0 Å². The molecule has 0 heterocycles. The van der Waals surface area contributed by atoms with Crippen LogP contribution < -0.4 is 14.2 Å². The van der Waals surface area contributed by atoms with E-state index in [1.54, 1.807) is 56.6 Å². The lowest BCUT2D eigenvalue weighted by Crippen LogP contribution is -2.30. The van der Waals surface area contributed by atoms with E-state index < -0.39 is 12.1 Å². The van der Waals surface area contributed by atoms with E-state index in [0.717, 1.165) is 0 Å². The van der Waals surface area contributed by atoms with Crippen molar-refractivity contribution in [2.24, 2.45) is 0 Å². The number of carbonyl (C=O) groups is 2. The van der Waals surface area contributed by atoms with E-state index >= 15 is 0 Å². The van der Waals surface area contributed by atoms with E-state index in [1.807, 2.05) is 6.07 Å². The number of rotatable bonds is 8. The fourth-order valence-corrected chi connectivity index (χ4v) is 2.64. The second-order valence-corrected chi connectivity index (χ2v) is 6.25. The van der Waals surface area contributed by atoms with Gasteiger partial charge in [0.1, 0.15) is 0 Å². The molecule has 0 saturated heterocycles. The molecular weight excluding hydrogens is 374 g/mol. The lowest BCUT2D eigenvalue weighted by molar-refractivity contribution is -0.155. The molecule has 0 unspecified atom stereocenters. The van der Waals surface area contributed by atoms with Gasteiger partial charge in [0.15, 0.2) is 11.5 Å². The molecule has 0 fully saturated rings. The quantitative estimate of drug-likeness (QED) is 0.502. The van der Waals surface area contributed by atoms with Crippen LogP contribution in [0, 0.1) is 0 Å². The third-order valence-corrected chi connectivity index (χ3v) is 4.10. The maximum absolute atomic E-state index is 12.5. The summed E-state index contributed by atoms with van der Waals surface area (Å²) in [5.74, 6) is 0.401. The maximum Gasteiger partial charge on any atom is 0.331 e. The molecule has 154 valence electrons. The minimum absolute atomic E-state index is 0.328. The van der Waals surface area contributed by atoms with Gasteiger partial charge >= 0.3 is 5.97 Å². The lowest BCUT2D eigenvalue weighted by Gasteiger charge is -2.20. The molecule has 0 aromatic heterocycles. The summed E-state index contributed by atoms with van der Waals surface area (Å²) in [6.07, 6.45) is 1.78. The molecule has 0 aliphatic carbocycles. The van der Waals surface area contributed by atoms with E-state index in [1.165, 1.54) is 32.3 Å². The van der Waals surface area contributed by atoms with Gasteiger partial charge in [-0.15, -0.1) is 0 Å². The third-order valence-electron chi connectivity index (χ3n) is 4.10. The standard InChI is InChI=1S/C22H25NO6/c1-23(2)22(25)20(16-9-7-6-8-10-16)29-19(24)12-11-15-13-17(26-3)21(28-5)18(14-15)27-4/h6-14,20H,1-5H3/b12-11+/t20-/m0/s1. The van der Waals surface area contributed by atoms with E-state index in [2.05, 4.69) is 0 Å². The van der Waals surface area contributed by atoms with Crippen molar-refractivity contribution in [2.45, 2.75) is 6.10 Å². The molecule has 2 rings (SSSR count). The number of carbonyl (C=O) groups excluding carboxylic acids is 2. The summed E-state index contributed by atoms with van der Waals surface area (Å²) in [6, 6.07) is 12.3. The summed E-state index contributed by atoms with van der Waals surface area (Å²) >= 11 is 0. The predicted molar refractivity (Wildman–Crippen MR) is 109 cm³/mol. The molecule has 7 heteroatoms. The molecular formula is C22H25NO6. The zero-order chi connectivity index (χ0) is 21.4. The van der Waals surface area contributed by atoms with Crippen molar-refractivity contribution in [3.63, 3.8) is 0 Å². The Labute approximate surface area is 170 Å². The highest BCUT2D eigenvalue weighted by Gasteiger charge is 2.25. The number of esters is 1. The van der Waals surface area contributed by atoms with Gasteiger partial charge in [-0.2, -0.15) is 0 Å². The first-order valence-electron chi connectivity index (χ1n) is 8.86. The van der Waals surface area contributed by atoms with Crippen molar-refractivity contribution in [1.82, 2.24) is 4.90 Å². The minimum atomic E-state index is -1.02. The highest BCUT2D eigenvalue weighted by molar-refractivity contribution is 5.91. The van der Waals surface area contributed by atoms with Gasteiger partial charge < -0.3 is 23.8 Å².